The van der Waals surface area contributed by atoms with Crippen LogP contribution in [0.2, 0.25) is 10.0 Å². The molecular formula is C10H15Cl2N3O. The van der Waals surface area contributed by atoms with Crippen LogP contribution < -0.4 is 10.2 Å². The predicted molar refractivity (Wildman–Crippen MR) is 68.8 cm³/mol. The summed E-state index contributed by atoms with van der Waals surface area (Å²) in [5.74, 6) is 1.21. The van der Waals surface area contributed by atoms with E-state index in [9.17, 15) is 0 Å². The number of nitrogens with zero attached hydrogens (tertiary/aromatic N) is 2. The van der Waals surface area contributed by atoms with Crippen LogP contribution in [0.4, 0.5) is 11.6 Å². The van der Waals surface area contributed by atoms with Crippen LogP contribution in [-0.2, 0) is 0 Å². The molecule has 90 valence electrons. The SMILES string of the molecule is CCN(CCO)c1nc(NC)c(Cl)cc1Cl. The molecule has 4 nitrogen and oxygen atoms in total. The van der Waals surface area contributed by atoms with E-state index >= 15 is 0 Å². The Bertz CT molecular complexity index is 360. The number of anilines is 2. The van der Waals surface area contributed by atoms with Crippen molar-refractivity contribution >= 4 is 34.8 Å². The zero-order valence-corrected chi connectivity index (χ0v) is 10.8. The van der Waals surface area contributed by atoms with Gasteiger partial charge in [-0.3, -0.25) is 0 Å². The van der Waals surface area contributed by atoms with Gasteiger partial charge >= 0.3 is 0 Å². The van der Waals surface area contributed by atoms with Gasteiger partial charge in [0.2, 0.25) is 0 Å². The highest BCUT2D eigenvalue weighted by Crippen LogP contribution is 2.30. The van der Waals surface area contributed by atoms with Crippen molar-refractivity contribution in [1.29, 1.82) is 0 Å². The summed E-state index contributed by atoms with van der Waals surface area (Å²) in [6.45, 7) is 3.25. The molecule has 1 rings (SSSR count). The van der Waals surface area contributed by atoms with Gasteiger partial charge in [0, 0.05) is 20.1 Å². The highest BCUT2D eigenvalue weighted by atomic mass is 35.5. The number of pyridine rings is 1. The maximum absolute atomic E-state index is 8.95. The molecule has 0 aliphatic rings. The van der Waals surface area contributed by atoms with E-state index in [1.807, 2.05) is 11.8 Å². The second-order valence-electron chi connectivity index (χ2n) is 3.18. The van der Waals surface area contributed by atoms with Crippen molar-refractivity contribution in [2.24, 2.45) is 0 Å². The van der Waals surface area contributed by atoms with Crippen molar-refractivity contribution in [3.63, 3.8) is 0 Å². The van der Waals surface area contributed by atoms with Gasteiger partial charge < -0.3 is 15.3 Å². The molecule has 2 N–H and O–H groups in total. The van der Waals surface area contributed by atoms with Gasteiger partial charge in [0.05, 0.1) is 16.7 Å². The number of aliphatic hydroxyl groups excluding tert-OH is 1. The average molecular weight is 264 g/mol. The zero-order valence-electron chi connectivity index (χ0n) is 9.30. The van der Waals surface area contributed by atoms with E-state index < -0.39 is 0 Å². The number of likely N-dealkylation sites (N-methyl/N-ethyl adjacent to an activating group) is 1. The normalized spacial score (nSPS) is 10.3. The van der Waals surface area contributed by atoms with E-state index in [1.165, 1.54) is 0 Å². The van der Waals surface area contributed by atoms with E-state index in [0.717, 1.165) is 6.54 Å². The number of rotatable bonds is 5. The van der Waals surface area contributed by atoms with Crippen molar-refractivity contribution in [3.05, 3.63) is 16.1 Å². The molecule has 0 unspecified atom stereocenters. The Balaban J connectivity index is 3.10. The zero-order chi connectivity index (χ0) is 12.1. The number of nitrogens with one attached hydrogen (secondary N) is 1. The number of hydrogen-bond acceptors (Lipinski definition) is 4. The maximum Gasteiger partial charge on any atom is 0.150 e. The molecule has 1 heterocycles. The Hall–Kier alpha value is -0.710. The molecule has 1 aromatic heterocycles. The van der Waals surface area contributed by atoms with Crippen LogP contribution in [0.1, 0.15) is 6.92 Å². The van der Waals surface area contributed by atoms with Crippen LogP contribution in [0.15, 0.2) is 6.07 Å². The van der Waals surface area contributed by atoms with Crippen molar-refractivity contribution in [3.8, 4) is 0 Å². The van der Waals surface area contributed by atoms with Gasteiger partial charge in [-0.2, -0.15) is 0 Å². The van der Waals surface area contributed by atoms with E-state index in [4.69, 9.17) is 28.3 Å². The average Bonchev–Trinajstić information content (AvgIpc) is 2.27. The largest absolute Gasteiger partial charge is 0.395 e. The smallest absolute Gasteiger partial charge is 0.150 e. The van der Waals surface area contributed by atoms with Crippen LogP contribution in [-0.4, -0.2) is 36.8 Å². The number of hydrogen-bond donors (Lipinski definition) is 2. The predicted octanol–water partition coefficient (Wildman–Crippen LogP) is 2.25. The summed E-state index contributed by atoms with van der Waals surface area (Å²) in [6, 6.07) is 1.65. The highest BCUT2D eigenvalue weighted by molar-refractivity contribution is 6.37. The van der Waals surface area contributed by atoms with Gasteiger partial charge in [-0.1, -0.05) is 23.2 Å². The van der Waals surface area contributed by atoms with Crippen LogP contribution in [0, 0.1) is 0 Å². The quantitative estimate of drug-likeness (QED) is 0.856. The molecule has 0 bridgehead atoms. The Morgan fingerprint density at radius 1 is 1.44 bits per heavy atom. The van der Waals surface area contributed by atoms with Crippen LogP contribution >= 0.6 is 23.2 Å². The molecule has 6 heteroatoms. The van der Waals surface area contributed by atoms with E-state index in [0.29, 0.717) is 28.2 Å². The molecule has 0 aliphatic heterocycles. The lowest BCUT2D eigenvalue weighted by atomic mass is 10.4. The Morgan fingerprint density at radius 2 is 2.12 bits per heavy atom. The standard InChI is InChI=1S/C10H15Cl2N3O/c1-3-15(4-5-16)10-8(12)6-7(11)9(13-2)14-10/h6,16H,3-5H2,1-2H3,(H,13,14). The van der Waals surface area contributed by atoms with Gasteiger partial charge in [0.1, 0.15) is 11.6 Å². The number of halogens is 2. The second kappa shape index (κ2) is 6.13. The molecule has 0 aromatic carbocycles. The fraction of sp³-hybridized carbons (Fsp3) is 0.500. The lowest BCUT2D eigenvalue weighted by Crippen LogP contribution is -2.27. The molecule has 0 aliphatic carbocycles. The first kappa shape index (κ1) is 13.4. The van der Waals surface area contributed by atoms with Crippen molar-refractivity contribution in [1.82, 2.24) is 4.98 Å². The fourth-order valence-electron chi connectivity index (χ4n) is 1.39. The van der Waals surface area contributed by atoms with Crippen molar-refractivity contribution in [2.45, 2.75) is 6.92 Å². The van der Waals surface area contributed by atoms with Gasteiger partial charge in [0.15, 0.2) is 0 Å². The molecule has 0 radical (unpaired) electrons. The molecule has 1 aromatic rings. The van der Waals surface area contributed by atoms with Gasteiger partial charge in [0.25, 0.3) is 0 Å². The van der Waals surface area contributed by atoms with Gasteiger partial charge in [-0.15, -0.1) is 0 Å². The monoisotopic (exact) mass is 263 g/mol. The maximum atomic E-state index is 8.95. The summed E-state index contributed by atoms with van der Waals surface area (Å²) in [5.41, 5.74) is 0. The third-order valence-corrected chi connectivity index (χ3v) is 2.77. The van der Waals surface area contributed by atoms with E-state index in [2.05, 4.69) is 10.3 Å². The van der Waals surface area contributed by atoms with Crippen molar-refractivity contribution < 1.29 is 5.11 Å². The summed E-state index contributed by atoms with van der Waals surface area (Å²) in [7, 11) is 1.74. The minimum absolute atomic E-state index is 0.0589. The molecule has 0 spiro atoms. The fourth-order valence-corrected chi connectivity index (χ4v) is 1.96. The molecule has 0 atom stereocenters. The third-order valence-electron chi connectivity index (χ3n) is 2.20. The lowest BCUT2D eigenvalue weighted by Gasteiger charge is -2.22. The highest BCUT2D eigenvalue weighted by Gasteiger charge is 2.13. The van der Waals surface area contributed by atoms with Crippen molar-refractivity contribution in [2.75, 3.05) is 37.0 Å². The van der Waals surface area contributed by atoms with E-state index in [1.54, 1.807) is 13.1 Å². The molecule has 0 amide bonds. The molecule has 0 saturated carbocycles. The number of aromatic nitrogens is 1. The first-order chi connectivity index (χ1) is 7.63. The van der Waals surface area contributed by atoms with Crippen LogP contribution in [0.5, 0.6) is 0 Å². The summed E-state index contributed by atoms with van der Waals surface area (Å²) in [4.78, 5) is 6.21. The Labute approximate surface area is 105 Å². The van der Waals surface area contributed by atoms with E-state index in [-0.39, 0.29) is 6.61 Å². The summed E-state index contributed by atoms with van der Waals surface area (Å²) in [6.07, 6.45) is 0. The Morgan fingerprint density at radius 3 is 2.62 bits per heavy atom. The summed E-state index contributed by atoms with van der Waals surface area (Å²) >= 11 is 12.0. The first-order valence-electron chi connectivity index (χ1n) is 5.03. The number of aliphatic hydroxyl groups is 1. The van der Waals surface area contributed by atoms with Gasteiger partial charge in [-0.05, 0) is 13.0 Å². The van der Waals surface area contributed by atoms with Gasteiger partial charge in [-0.25, -0.2) is 4.98 Å². The molecular weight excluding hydrogens is 249 g/mol. The Kier molecular flexibility index (Phi) is 5.12. The second-order valence-corrected chi connectivity index (χ2v) is 3.99. The minimum atomic E-state index is 0.0589. The minimum Gasteiger partial charge on any atom is -0.395 e. The lowest BCUT2D eigenvalue weighted by molar-refractivity contribution is 0.302. The van der Waals surface area contributed by atoms with Crippen LogP contribution in [0.3, 0.4) is 0 Å². The molecule has 16 heavy (non-hydrogen) atoms. The topological polar surface area (TPSA) is 48.4 Å². The summed E-state index contributed by atoms with van der Waals surface area (Å²) in [5, 5.41) is 12.8. The first-order valence-corrected chi connectivity index (χ1v) is 5.79. The molecule has 0 saturated heterocycles. The third kappa shape index (κ3) is 2.90. The molecule has 0 fully saturated rings. The summed E-state index contributed by atoms with van der Waals surface area (Å²) < 4.78 is 0. The van der Waals surface area contributed by atoms with Crippen LogP contribution in [0.25, 0.3) is 0 Å².